The molecular formula is C10H18N2O2. The number of rotatable bonds is 3. The molecule has 2 saturated heterocycles. The van der Waals surface area contributed by atoms with Gasteiger partial charge in [-0.2, -0.15) is 0 Å². The molecule has 4 heteroatoms. The quantitative estimate of drug-likeness (QED) is 0.665. The number of hydrogen-bond donors (Lipinski definition) is 2. The Labute approximate surface area is 84.4 Å². The van der Waals surface area contributed by atoms with Crippen LogP contribution in [-0.4, -0.2) is 38.3 Å². The molecule has 0 spiro atoms. The molecule has 2 fully saturated rings. The van der Waals surface area contributed by atoms with Gasteiger partial charge >= 0.3 is 0 Å². The Morgan fingerprint density at radius 1 is 1.36 bits per heavy atom. The predicted molar refractivity (Wildman–Crippen MR) is 53.0 cm³/mol. The van der Waals surface area contributed by atoms with Crippen LogP contribution < -0.4 is 10.6 Å². The van der Waals surface area contributed by atoms with Gasteiger partial charge in [-0.1, -0.05) is 0 Å². The Hall–Kier alpha value is -0.610. The number of nitrogens with one attached hydrogen (secondary N) is 2. The number of hydrogen-bond acceptors (Lipinski definition) is 3. The van der Waals surface area contributed by atoms with Crippen molar-refractivity contribution in [2.75, 3.05) is 26.3 Å². The van der Waals surface area contributed by atoms with Crippen LogP contribution in [0.15, 0.2) is 0 Å². The molecule has 4 nitrogen and oxygen atoms in total. The lowest BCUT2D eigenvalue weighted by Gasteiger charge is -2.28. The predicted octanol–water partition coefficient (Wildman–Crippen LogP) is -0.109. The molecule has 14 heavy (non-hydrogen) atoms. The van der Waals surface area contributed by atoms with Crippen LogP contribution in [0.2, 0.25) is 0 Å². The first-order valence-electron chi connectivity index (χ1n) is 5.42. The summed E-state index contributed by atoms with van der Waals surface area (Å²) in [4.78, 5) is 11.5. The van der Waals surface area contributed by atoms with E-state index in [-0.39, 0.29) is 11.9 Å². The lowest BCUT2D eigenvalue weighted by molar-refractivity contribution is -0.126. The second-order valence-corrected chi connectivity index (χ2v) is 4.20. The summed E-state index contributed by atoms with van der Waals surface area (Å²) in [6.45, 7) is 3.50. The fourth-order valence-electron chi connectivity index (χ4n) is 1.95. The van der Waals surface area contributed by atoms with Crippen LogP contribution in [-0.2, 0) is 9.53 Å². The van der Waals surface area contributed by atoms with Gasteiger partial charge in [0.2, 0.25) is 5.91 Å². The van der Waals surface area contributed by atoms with Crippen molar-refractivity contribution in [2.24, 2.45) is 5.92 Å². The highest BCUT2D eigenvalue weighted by Gasteiger charge is 2.22. The van der Waals surface area contributed by atoms with Crippen molar-refractivity contribution >= 4 is 5.91 Å². The van der Waals surface area contributed by atoms with E-state index in [4.69, 9.17) is 4.74 Å². The molecule has 0 aliphatic carbocycles. The number of ether oxygens (including phenoxy) is 1. The molecule has 2 rings (SSSR count). The second-order valence-electron chi connectivity index (χ2n) is 4.20. The van der Waals surface area contributed by atoms with Crippen LogP contribution in [0.3, 0.4) is 0 Å². The molecule has 0 unspecified atom stereocenters. The minimum absolute atomic E-state index is 0.199. The maximum absolute atomic E-state index is 11.5. The third-order valence-electron chi connectivity index (χ3n) is 2.94. The zero-order valence-corrected chi connectivity index (χ0v) is 8.42. The monoisotopic (exact) mass is 198 g/mol. The van der Waals surface area contributed by atoms with E-state index >= 15 is 0 Å². The molecule has 80 valence electrons. The molecule has 0 aromatic heterocycles. The number of amides is 1. The van der Waals surface area contributed by atoms with Gasteiger partial charge in [0.05, 0.1) is 19.3 Å². The van der Waals surface area contributed by atoms with Gasteiger partial charge < -0.3 is 15.4 Å². The van der Waals surface area contributed by atoms with Gasteiger partial charge in [-0.3, -0.25) is 4.79 Å². The summed E-state index contributed by atoms with van der Waals surface area (Å²) in [5.41, 5.74) is 0. The van der Waals surface area contributed by atoms with Crippen LogP contribution in [0, 0.1) is 5.92 Å². The van der Waals surface area contributed by atoms with Gasteiger partial charge in [0.1, 0.15) is 0 Å². The largest absolute Gasteiger partial charge is 0.377 e. The van der Waals surface area contributed by atoms with Crippen LogP contribution in [0.1, 0.15) is 19.3 Å². The SMILES string of the molecule is O=C(CC1CCNCC1)NC1COC1. The average Bonchev–Trinajstić information content (AvgIpc) is 2.13. The molecule has 0 aromatic carbocycles. The van der Waals surface area contributed by atoms with E-state index < -0.39 is 0 Å². The van der Waals surface area contributed by atoms with Crippen LogP contribution in [0.25, 0.3) is 0 Å². The summed E-state index contributed by atoms with van der Waals surface area (Å²) < 4.78 is 5.00. The highest BCUT2D eigenvalue weighted by Crippen LogP contribution is 2.15. The van der Waals surface area contributed by atoms with Gasteiger partial charge in [0.15, 0.2) is 0 Å². The third-order valence-corrected chi connectivity index (χ3v) is 2.94. The van der Waals surface area contributed by atoms with Crippen molar-refractivity contribution in [1.82, 2.24) is 10.6 Å². The lowest BCUT2D eigenvalue weighted by Crippen LogP contribution is -2.49. The standard InChI is InChI=1S/C10H18N2O2/c13-10(12-9-6-14-7-9)5-8-1-3-11-4-2-8/h8-9,11H,1-7H2,(H,12,13). The van der Waals surface area contributed by atoms with E-state index in [1.165, 1.54) is 0 Å². The Bertz CT molecular complexity index is 198. The normalized spacial score (nSPS) is 24.3. The number of carbonyl (C=O) groups excluding carboxylic acids is 1. The van der Waals surface area contributed by atoms with E-state index in [1.807, 2.05) is 0 Å². The van der Waals surface area contributed by atoms with Crippen molar-refractivity contribution in [3.05, 3.63) is 0 Å². The summed E-state index contributed by atoms with van der Waals surface area (Å²) >= 11 is 0. The minimum Gasteiger partial charge on any atom is -0.377 e. The summed E-state index contributed by atoms with van der Waals surface area (Å²) in [5, 5.41) is 6.28. The fraction of sp³-hybridized carbons (Fsp3) is 0.900. The fourth-order valence-corrected chi connectivity index (χ4v) is 1.95. The second kappa shape index (κ2) is 4.75. The van der Waals surface area contributed by atoms with E-state index in [9.17, 15) is 4.79 Å². The molecule has 2 N–H and O–H groups in total. The molecular weight excluding hydrogens is 180 g/mol. The van der Waals surface area contributed by atoms with Crippen LogP contribution in [0.4, 0.5) is 0 Å². The van der Waals surface area contributed by atoms with Gasteiger partial charge in [-0.15, -0.1) is 0 Å². The summed E-state index contributed by atoms with van der Waals surface area (Å²) in [5.74, 6) is 0.780. The average molecular weight is 198 g/mol. The summed E-state index contributed by atoms with van der Waals surface area (Å²) in [6.07, 6.45) is 2.96. The zero-order chi connectivity index (χ0) is 9.80. The topological polar surface area (TPSA) is 50.4 Å². The highest BCUT2D eigenvalue weighted by molar-refractivity contribution is 5.76. The Balaban J connectivity index is 1.64. The van der Waals surface area contributed by atoms with E-state index in [2.05, 4.69) is 10.6 Å². The van der Waals surface area contributed by atoms with Gasteiger partial charge in [0.25, 0.3) is 0 Å². The van der Waals surface area contributed by atoms with Crippen molar-refractivity contribution in [3.8, 4) is 0 Å². The Kier molecular flexibility index (Phi) is 3.37. The zero-order valence-electron chi connectivity index (χ0n) is 8.42. The first-order valence-corrected chi connectivity index (χ1v) is 5.42. The lowest BCUT2D eigenvalue weighted by atomic mass is 9.94. The summed E-state index contributed by atoms with van der Waals surface area (Å²) in [6, 6.07) is 0.282. The number of piperidine rings is 1. The molecule has 2 aliphatic rings. The first-order chi connectivity index (χ1) is 6.84. The maximum atomic E-state index is 11.5. The smallest absolute Gasteiger partial charge is 0.220 e. The molecule has 0 radical (unpaired) electrons. The minimum atomic E-state index is 0.199. The molecule has 2 aliphatic heterocycles. The molecule has 1 amide bonds. The molecule has 0 saturated carbocycles. The van der Waals surface area contributed by atoms with Gasteiger partial charge in [-0.25, -0.2) is 0 Å². The van der Waals surface area contributed by atoms with E-state index in [0.717, 1.165) is 25.9 Å². The van der Waals surface area contributed by atoms with Crippen molar-refractivity contribution in [3.63, 3.8) is 0 Å². The van der Waals surface area contributed by atoms with Crippen LogP contribution >= 0.6 is 0 Å². The highest BCUT2D eigenvalue weighted by atomic mass is 16.5. The maximum Gasteiger partial charge on any atom is 0.220 e. The summed E-state index contributed by atoms with van der Waals surface area (Å²) in [7, 11) is 0. The van der Waals surface area contributed by atoms with Crippen LogP contribution in [0.5, 0.6) is 0 Å². The van der Waals surface area contributed by atoms with E-state index in [0.29, 0.717) is 25.6 Å². The Morgan fingerprint density at radius 2 is 2.07 bits per heavy atom. The molecule has 0 aromatic rings. The molecule has 2 heterocycles. The first kappa shape index (κ1) is 9.93. The van der Waals surface area contributed by atoms with E-state index in [1.54, 1.807) is 0 Å². The van der Waals surface area contributed by atoms with Crippen molar-refractivity contribution in [2.45, 2.75) is 25.3 Å². The Morgan fingerprint density at radius 3 is 2.64 bits per heavy atom. The molecule has 0 bridgehead atoms. The van der Waals surface area contributed by atoms with Gasteiger partial charge in [0, 0.05) is 6.42 Å². The number of carbonyl (C=O) groups is 1. The van der Waals surface area contributed by atoms with Crippen molar-refractivity contribution < 1.29 is 9.53 Å². The molecule has 0 atom stereocenters. The van der Waals surface area contributed by atoms with Crippen molar-refractivity contribution in [1.29, 1.82) is 0 Å². The third kappa shape index (κ3) is 2.69. The van der Waals surface area contributed by atoms with Gasteiger partial charge in [-0.05, 0) is 31.8 Å².